The van der Waals surface area contributed by atoms with E-state index in [1.807, 2.05) is 19.9 Å². The van der Waals surface area contributed by atoms with Gasteiger partial charge in [0.15, 0.2) is 11.2 Å². The van der Waals surface area contributed by atoms with Gasteiger partial charge in [0.1, 0.15) is 0 Å². The van der Waals surface area contributed by atoms with Crippen LogP contribution in [0.5, 0.6) is 0 Å². The monoisotopic (exact) mass is 236 g/mol. The van der Waals surface area contributed by atoms with E-state index in [0.717, 1.165) is 6.42 Å². The standard InChI is InChI=1S/C14H20O3/c1-5-7-11(15)14(12(16)17)10(2)8-6-9-13(14,3)4/h5,7-8H,6,9H2,1-4H3,(H,16,17). The molecule has 0 bridgehead atoms. The quantitative estimate of drug-likeness (QED) is 0.465. The molecule has 1 rings (SSSR count). The van der Waals surface area contributed by atoms with E-state index in [2.05, 4.69) is 0 Å². The van der Waals surface area contributed by atoms with Crippen molar-refractivity contribution in [2.75, 3.05) is 0 Å². The fourth-order valence-corrected chi connectivity index (χ4v) is 2.89. The van der Waals surface area contributed by atoms with Crippen LogP contribution < -0.4 is 0 Å². The van der Waals surface area contributed by atoms with E-state index in [1.165, 1.54) is 6.08 Å². The molecule has 1 aliphatic carbocycles. The molecule has 0 heterocycles. The maximum absolute atomic E-state index is 12.3. The normalized spacial score (nSPS) is 27.9. The van der Waals surface area contributed by atoms with Gasteiger partial charge in [-0.05, 0) is 38.2 Å². The van der Waals surface area contributed by atoms with Gasteiger partial charge in [0.2, 0.25) is 0 Å². The lowest BCUT2D eigenvalue weighted by atomic mass is 9.55. The molecule has 0 amide bonds. The third kappa shape index (κ3) is 1.84. The summed E-state index contributed by atoms with van der Waals surface area (Å²) >= 11 is 0. The number of rotatable bonds is 3. The molecule has 94 valence electrons. The van der Waals surface area contributed by atoms with Crippen LogP contribution in [-0.4, -0.2) is 16.9 Å². The fourth-order valence-electron chi connectivity index (χ4n) is 2.89. The van der Waals surface area contributed by atoms with Crippen molar-refractivity contribution in [2.45, 2.75) is 40.5 Å². The molecule has 0 aliphatic heterocycles. The molecule has 17 heavy (non-hydrogen) atoms. The highest BCUT2D eigenvalue weighted by atomic mass is 16.4. The Balaban J connectivity index is 3.49. The second-order valence-corrected chi connectivity index (χ2v) is 5.23. The summed E-state index contributed by atoms with van der Waals surface area (Å²) in [7, 11) is 0. The van der Waals surface area contributed by atoms with Crippen molar-refractivity contribution in [3.63, 3.8) is 0 Å². The SMILES string of the molecule is CC=CC(=O)C1(C(=O)O)C(C)=CCCC1(C)C. The van der Waals surface area contributed by atoms with Crippen LogP contribution in [0.4, 0.5) is 0 Å². The van der Waals surface area contributed by atoms with Gasteiger partial charge in [-0.1, -0.05) is 31.6 Å². The Kier molecular flexibility index (Phi) is 3.60. The first-order valence-electron chi connectivity index (χ1n) is 5.88. The second-order valence-electron chi connectivity index (χ2n) is 5.23. The highest BCUT2D eigenvalue weighted by Crippen LogP contribution is 2.52. The lowest BCUT2D eigenvalue weighted by molar-refractivity contribution is -0.159. The van der Waals surface area contributed by atoms with E-state index in [0.29, 0.717) is 12.0 Å². The van der Waals surface area contributed by atoms with Crippen LogP contribution in [-0.2, 0) is 9.59 Å². The van der Waals surface area contributed by atoms with Crippen LogP contribution >= 0.6 is 0 Å². The van der Waals surface area contributed by atoms with Gasteiger partial charge in [0.05, 0.1) is 0 Å². The zero-order valence-corrected chi connectivity index (χ0v) is 10.9. The van der Waals surface area contributed by atoms with Crippen molar-refractivity contribution in [1.29, 1.82) is 0 Å². The van der Waals surface area contributed by atoms with Crippen molar-refractivity contribution in [3.8, 4) is 0 Å². The van der Waals surface area contributed by atoms with Gasteiger partial charge in [-0.2, -0.15) is 0 Å². The van der Waals surface area contributed by atoms with Gasteiger partial charge in [0.25, 0.3) is 0 Å². The molecule has 3 nitrogen and oxygen atoms in total. The van der Waals surface area contributed by atoms with Crippen LogP contribution in [0.1, 0.15) is 40.5 Å². The smallest absolute Gasteiger partial charge is 0.322 e. The molecule has 1 aliphatic rings. The molecule has 0 saturated carbocycles. The third-order valence-electron chi connectivity index (χ3n) is 3.83. The zero-order chi connectivity index (χ0) is 13.3. The average molecular weight is 236 g/mol. The van der Waals surface area contributed by atoms with E-state index >= 15 is 0 Å². The predicted octanol–water partition coefficient (Wildman–Crippen LogP) is 2.97. The molecule has 0 radical (unpaired) electrons. The Hall–Kier alpha value is -1.38. The van der Waals surface area contributed by atoms with E-state index in [9.17, 15) is 14.7 Å². The Morgan fingerprint density at radius 1 is 1.41 bits per heavy atom. The first-order valence-corrected chi connectivity index (χ1v) is 5.88. The number of ketones is 1. The Labute approximate surface area is 102 Å². The van der Waals surface area contributed by atoms with Gasteiger partial charge in [0, 0.05) is 0 Å². The number of carboxylic acids is 1. The fraction of sp³-hybridized carbons (Fsp3) is 0.571. The maximum atomic E-state index is 12.3. The summed E-state index contributed by atoms with van der Waals surface area (Å²) in [5.74, 6) is -1.37. The van der Waals surface area contributed by atoms with E-state index in [1.54, 1.807) is 19.9 Å². The lowest BCUT2D eigenvalue weighted by Crippen LogP contribution is -2.52. The molecular formula is C14H20O3. The van der Waals surface area contributed by atoms with Crippen LogP contribution in [0, 0.1) is 10.8 Å². The molecule has 1 N–H and O–H groups in total. The molecule has 0 spiro atoms. The lowest BCUT2D eigenvalue weighted by Gasteiger charge is -2.45. The molecule has 0 aromatic carbocycles. The highest BCUT2D eigenvalue weighted by Gasteiger charge is 2.58. The summed E-state index contributed by atoms with van der Waals surface area (Å²) in [4.78, 5) is 24.0. The number of allylic oxidation sites excluding steroid dienone is 3. The van der Waals surface area contributed by atoms with Gasteiger partial charge < -0.3 is 5.11 Å². The minimum Gasteiger partial charge on any atom is -0.480 e. The van der Waals surface area contributed by atoms with Crippen LogP contribution in [0.3, 0.4) is 0 Å². The van der Waals surface area contributed by atoms with Gasteiger partial charge in [-0.25, -0.2) is 0 Å². The summed E-state index contributed by atoms with van der Waals surface area (Å²) in [6.07, 6.45) is 6.39. The summed E-state index contributed by atoms with van der Waals surface area (Å²) in [6, 6.07) is 0. The number of carboxylic acid groups (broad SMARTS) is 1. The summed E-state index contributed by atoms with van der Waals surface area (Å²) in [5, 5.41) is 9.60. The van der Waals surface area contributed by atoms with Gasteiger partial charge in [-0.3, -0.25) is 9.59 Å². The number of hydrogen-bond acceptors (Lipinski definition) is 2. The number of aliphatic carboxylic acids is 1. The van der Waals surface area contributed by atoms with E-state index < -0.39 is 16.8 Å². The highest BCUT2D eigenvalue weighted by molar-refractivity contribution is 6.12. The molecule has 0 aromatic rings. The maximum Gasteiger partial charge on any atom is 0.322 e. The van der Waals surface area contributed by atoms with E-state index in [-0.39, 0.29) is 5.78 Å². The van der Waals surface area contributed by atoms with Crippen molar-refractivity contribution in [1.82, 2.24) is 0 Å². The van der Waals surface area contributed by atoms with Crippen LogP contribution in [0.2, 0.25) is 0 Å². The van der Waals surface area contributed by atoms with Crippen LogP contribution in [0.25, 0.3) is 0 Å². The Morgan fingerprint density at radius 2 is 2.00 bits per heavy atom. The summed E-state index contributed by atoms with van der Waals surface area (Å²) in [5.41, 5.74) is -1.31. The number of hydrogen-bond donors (Lipinski definition) is 1. The van der Waals surface area contributed by atoms with E-state index in [4.69, 9.17) is 0 Å². The molecule has 3 heteroatoms. The topological polar surface area (TPSA) is 54.4 Å². The average Bonchev–Trinajstić information content (AvgIpc) is 2.16. The predicted molar refractivity (Wildman–Crippen MR) is 66.7 cm³/mol. The van der Waals surface area contributed by atoms with Gasteiger partial charge in [-0.15, -0.1) is 0 Å². The Morgan fingerprint density at radius 3 is 2.41 bits per heavy atom. The first kappa shape index (κ1) is 13.7. The first-order chi connectivity index (χ1) is 7.80. The minimum absolute atomic E-state index is 0.328. The number of carbonyl (C=O) groups is 2. The minimum atomic E-state index is -1.41. The van der Waals surface area contributed by atoms with Gasteiger partial charge >= 0.3 is 5.97 Å². The van der Waals surface area contributed by atoms with Crippen molar-refractivity contribution in [3.05, 3.63) is 23.8 Å². The van der Waals surface area contributed by atoms with Crippen molar-refractivity contribution >= 4 is 11.8 Å². The molecule has 0 saturated heterocycles. The van der Waals surface area contributed by atoms with Crippen molar-refractivity contribution in [2.24, 2.45) is 10.8 Å². The molecular weight excluding hydrogens is 216 g/mol. The Bertz CT molecular complexity index is 402. The van der Waals surface area contributed by atoms with Crippen LogP contribution in [0.15, 0.2) is 23.8 Å². The third-order valence-corrected chi connectivity index (χ3v) is 3.83. The molecule has 0 fully saturated rings. The molecule has 1 unspecified atom stereocenters. The molecule has 1 atom stereocenters. The summed E-state index contributed by atoms with van der Waals surface area (Å²) < 4.78 is 0. The molecule has 0 aromatic heterocycles. The zero-order valence-electron chi connectivity index (χ0n) is 10.9. The van der Waals surface area contributed by atoms with Crippen molar-refractivity contribution < 1.29 is 14.7 Å². The summed E-state index contributed by atoms with van der Waals surface area (Å²) in [6.45, 7) is 7.19. The largest absolute Gasteiger partial charge is 0.480 e. The number of carbonyl (C=O) groups excluding carboxylic acids is 1. The second kappa shape index (κ2) is 4.47.